The molecule has 1 aliphatic rings. The van der Waals surface area contributed by atoms with Crippen molar-refractivity contribution in [2.24, 2.45) is 5.73 Å². The van der Waals surface area contributed by atoms with Crippen molar-refractivity contribution < 1.29 is 4.74 Å². The molecule has 0 saturated heterocycles. The second kappa shape index (κ2) is 4.31. The maximum absolute atomic E-state index is 5.74. The van der Waals surface area contributed by atoms with Crippen molar-refractivity contribution in [1.29, 1.82) is 0 Å². The van der Waals surface area contributed by atoms with Gasteiger partial charge in [-0.1, -0.05) is 18.2 Å². The zero-order valence-electron chi connectivity index (χ0n) is 9.52. The zero-order valence-corrected chi connectivity index (χ0v) is 9.52. The minimum absolute atomic E-state index is 0.0330. The number of nitrogens with zero attached hydrogens (tertiary/aromatic N) is 1. The summed E-state index contributed by atoms with van der Waals surface area (Å²) in [6, 6.07) is 6.29. The van der Waals surface area contributed by atoms with Crippen molar-refractivity contribution in [2.75, 3.05) is 13.2 Å². The van der Waals surface area contributed by atoms with Gasteiger partial charge in [-0.05, 0) is 23.1 Å². The lowest BCUT2D eigenvalue weighted by Gasteiger charge is -2.26. The summed E-state index contributed by atoms with van der Waals surface area (Å²) in [6.45, 7) is 1.27. The van der Waals surface area contributed by atoms with E-state index in [1.807, 2.05) is 12.4 Å². The Morgan fingerprint density at radius 1 is 1.47 bits per heavy atom. The van der Waals surface area contributed by atoms with Crippen LogP contribution in [0.5, 0.6) is 0 Å². The summed E-state index contributed by atoms with van der Waals surface area (Å²) in [5.41, 5.74) is 10.7. The number of aromatic nitrogens is 2. The smallest absolute Gasteiger partial charge is 0.0950 e. The molecular weight excluding hydrogens is 214 g/mol. The second-order valence-electron chi connectivity index (χ2n) is 4.21. The molecule has 0 bridgehead atoms. The second-order valence-corrected chi connectivity index (χ2v) is 4.21. The van der Waals surface area contributed by atoms with E-state index in [9.17, 15) is 0 Å². The maximum atomic E-state index is 5.74. The Morgan fingerprint density at radius 3 is 3.18 bits per heavy atom. The van der Waals surface area contributed by atoms with Crippen LogP contribution in [0, 0.1) is 0 Å². The molecule has 88 valence electrons. The third-order valence-electron chi connectivity index (χ3n) is 3.25. The van der Waals surface area contributed by atoms with E-state index in [0.717, 1.165) is 18.6 Å². The van der Waals surface area contributed by atoms with Gasteiger partial charge in [0, 0.05) is 18.3 Å². The lowest BCUT2D eigenvalue weighted by molar-refractivity contribution is 0.0486. The molecule has 3 rings (SSSR count). The average Bonchev–Trinajstić information content (AvgIpc) is 2.91. The third kappa shape index (κ3) is 1.75. The predicted molar refractivity (Wildman–Crippen MR) is 65.5 cm³/mol. The highest BCUT2D eigenvalue weighted by atomic mass is 16.5. The molecule has 2 heterocycles. The molecule has 1 aliphatic heterocycles. The van der Waals surface area contributed by atoms with Gasteiger partial charge in [0.1, 0.15) is 0 Å². The first-order valence-corrected chi connectivity index (χ1v) is 5.82. The Kier molecular flexibility index (Phi) is 2.66. The van der Waals surface area contributed by atoms with E-state index in [2.05, 4.69) is 28.4 Å². The minimum Gasteiger partial charge on any atom is -0.372 e. The Labute approximate surface area is 99.8 Å². The molecule has 1 aromatic heterocycles. The Bertz CT molecular complexity index is 507. The van der Waals surface area contributed by atoms with Gasteiger partial charge in [-0.25, -0.2) is 0 Å². The fourth-order valence-corrected chi connectivity index (χ4v) is 2.44. The van der Waals surface area contributed by atoms with Gasteiger partial charge in [0.25, 0.3) is 0 Å². The number of rotatable bonds is 2. The van der Waals surface area contributed by atoms with Crippen molar-refractivity contribution in [3.63, 3.8) is 0 Å². The van der Waals surface area contributed by atoms with Crippen LogP contribution in [0.3, 0.4) is 0 Å². The van der Waals surface area contributed by atoms with Crippen molar-refractivity contribution in [3.8, 4) is 11.1 Å². The molecular formula is C13H15N3O. The fraction of sp³-hybridized carbons (Fsp3) is 0.308. The Morgan fingerprint density at radius 2 is 2.41 bits per heavy atom. The predicted octanol–water partition coefficient (Wildman–Crippen LogP) is 1.65. The molecule has 4 nitrogen and oxygen atoms in total. The van der Waals surface area contributed by atoms with Gasteiger partial charge in [0.2, 0.25) is 0 Å². The van der Waals surface area contributed by atoms with E-state index >= 15 is 0 Å². The van der Waals surface area contributed by atoms with Crippen LogP contribution in [-0.4, -0.2) is 23.3 Å². The lowest BCUT2D eigenvalue weighted by atomic mass is 9.90. The van der Waals surface area contributed by atoms with Gasteiger partial charge in [-0.2, -0.15) is 5.10 Å². The highest BCUT2D eigenvalue weighted by Crippen LogP contribution is 2.33. The van der Waals surface area contributed by atoms with Crippen LogP contribution in [0.25, 0.3) is 11.1 Å². The van der Waals surface area contributed by atoms with Crippen molar-refractivity contribution in [3.05, 3.63) is 41.7 Å². The van der Waals surface area contributed by atoms with Crippen LogP contribution in [-0.2, 0) is 11.2 Å². The number of nitrogens with one attached hydrogen (secondary N) is 1. The van der Waals surface area contributed by atoms with Gasteiger partial charge in [-0.3, -0.25) is 5.10 Å². The molecule has 17 heavy (non-hydrogen) atoms. The third-order valence-corrected chi connectivity index (χ3v) is 3.25. The molecule has 0 amide bonds. The van der Waals surface area contributed by atoms with E-state index in [1.165, 1.54) is 16.7 Å². The van der Waals surface area contributed by atoms with Crippen LogP contribution in [0.2, 0.25) is 0 Å². The van der Waals surface area contributed by atoms with E-state index in [4.69, 9.17) is 10.5 Å². The van der Waals surface area contributed by atoms with Crippen LogP contribution in [0.1, 0.15) is 17.2 Å². The number of fused-ring (bicyclic) bond motifs is 1. The molecule has 0 fully saturated rings. The summed E-state index contributed by atoms with van der Waals surface area (Å²) in [4.78, 5) is 0. The average molecular weight is 229 g/mol. The van der Waals surface area contributed by atoms with Crippen LogP contribution < -0.4 is 5.73 Å². The summed E-state index contributed by atoms with van der Waals surface area (Å²) in [7, 11) is 0. The largest absolute Gasteiger partial charge is 0.372 e. The molecule has 1 atom stereocenters. The number of H-pyrrole nitrogens is 1. The number of hydrogen-bond acceptors (Lipinski definition) is 3. The van der Waals surface area contributed by atoms with E-state index in [1.54, 1.807) is 0 Å². The fourth-order valence-electron chi connectivity index (χ4n) is 2.44. The first-order chi connectivity index (χ1) is 8.40. The lowest BCUT2D eigenvalue weighted by Crippen LogP contribution is -2.23. The van der Waals surface area contributed by atoms with Crippen molar-refractivity contribution in [2.45, 2.75) is 12.5 Å². The summed E-state index contributed by atoms with van der Waals surface area (Å²) in [6.07, 6.45) is 4.74. The van der Waals surface area contributed by atoms with Crippen LogP contribution >= 0.6 is 0 Å². The molecule has 3 N–H and O–H groups in total. The Hall–Kier alpha value is -1.65. The molecule has 0 unspecified atom stereocenters. The van der Waals surface area contributed by atoms with Gasteiger partial charge in [0.05, 0.1) is 18.9 Å². The molecule has 0 saturated carbocycles. The standard InChI is InChI=1S/C13H15N3O/c14-6-13-12-3-1-2-10(9-7-15-16-8-9)11(12)4-5-17-13/h1-3,7-8,13H,4-6,14H2,(H,15,16)/t13-/m1/s1. The normalized spacial score (nSPS) is 19.0. The topological polar surface area (TPSA) is 63.9 Å². The summed E-state index contributed by atoms with van der Waals surface area (Å²) in [5, 5.41) is 6.86. The van der Waals surface area contributed by atoms with Gasteiger partial charge < -0.3 is 10.5 Å². The van der Waals surface area contributed by atoms with Gasteiger partial charge >= 0.3 is 0 Å². The molecule has 1 aromatic carbocycles. The Balaban J connectivity index is 2.12. The minimum atomic E-state index is 0.0330. The molecule has 0 aliphatic carbocycles. The molecule has 0 spiro atoms. The zero-order chi connectivity index (χ0) is 11.7. The van der Waals surface area contributed by atoms with Crippen molar-refractivity contribution >= 4 is 0 Å². The summed E-state index contributed by atoms with van der Waals surface area (Å²) < 4.78 is 5.68. The van der Waals surface area contributed by atoms with Gasteiger partial charge in [-0.15, -0.1) is 0 Å². The quantitative estimate of drug-likeness (QED) is 0.823. The molecule has 2 aromatic rings. The number of ether oxygens (including phenoxy) is 1. The SMILES string of the molecule is NC[C@H]1OCCc2c(-c3cn[nH]c3)cccc21. The van der Waals surface area contributed by atoms with Crippen LogP contribution in [0.15, 0.2) is 30.6 Å². The first kappa shape index (κ1) is 10.5. The number of benzene rings is 1. The first-order valence-electron chi connectivity index (χ1n) is 5.82. The summed E-state index contributed by atoms with van der Waals surface area (Å²) >= 11 is 0. The number of hydrogen-bond donors (Lipinski definition) is 2. The number of nitrogens with two attached hydrogens (primary N) is 1. The van der Waals surface area contributed by atoms with E-state index in [-0.39, 0.29) is 6.10 Å². The van der Waals surface area contributed by atoms with E-state index < -0.39 is 0 Å². The van der Waals surface area contributed by atoms with Crippen molar-refractivity contribution in [1.82, 2.24) is 10.2 Å². The number of aromatic amines is 1. The van der Waals surface area contributed by atoms with Crippen LogP contribution in [0.4, 0.5) is 0 Å². The highest BCUT2D eigenvalue weighted by Gasteiger charge is 2.22. The maximum Gasteiger partial charge on any atom is 0.0950 e. The summed E-state index contributed by atoms with van der Waals surface area (Å²) in [5.74, 6) is 0. The highest BCUT2D eigenvalue weighted by molar-refractivity contribution is 5.68. The molecule has 4 heteroatoms. The van der Waals surface area contributed by atoms with Gasteiger partial charge in [0.15, 0.2) is 0 Å². The monoisotopic (exact) mass is 229 g/mol. The molecule has 0 radical (unpaired) electrons. The van der Waals surface area contributed by atoms with E-state index in [0.29, 0.717) is 6.54 Å².